The minimum atomic E-state index is -1.06. The maximum absolute atomic E-state index is 12.5. The highest BCUT2D eigenvalue weighted by Crippen LogP contribution is 2.23. The largest absolute Gasteiger partial charge is 0.443 e. The molecular formula is C17H26N2O5. The summed E-state index contributed by atoms with van der Waals surface area (Å²) in [6.07, 6.45) is 4.11. The van der Waals surface area contributed by atoms with E-state index in [2.05, 4.69) is 5.43 Å². The summed E-state index contributed by atoms with van der Waals surface area (Å²) >= 11 is 0. The van der Waals surface area contributed by atoms with E-state index in [9.17, 15) is 14.4 Å². The Morgan fingerprint density at radius 1 is 1.00 bits per heavy atom. The van der Waals surface area contributed by atoms with Crippen LogP contribution in [0.3, 0.4) is 0 Å². The zero-order valence-corrected chi connectivity index (χ0v) is 15.3. The maximum Gasteiger partial charge on any atom is 0.430 e. The molecule has 0 aliphatic heterocycles. The van der Waals surface area contributed by atoms with Crippen LogP contribution in [0.25, 0.3) is 0 Å². The normalized spacial score (nSPS) is 16.5. The van der Waals surface area contributed by atoms with E-state index in [0.29, 0.717) is 0 Å². The van der Waals surface area contributed by atoms with Crippen LogP contribution in [0.4, 0.5) is 9.59 Å². The van der Waals surface area contributed by atoms with Gasteiger partial charge in [0.15, 0.2) is 5.78 Å². The smallest absolute Gasteiger partial charge is 0.430 e. The summed E-state index contributed by atoms with van der Waals surface area (Å²) in [5, 5.41) is 1.01. The molecule has 0 heterocycles. The van der Waals surface area contributed by atoms with Gasteiger partial charge in [-0.2, -0.15) is 0 Å². The quantitative estimate of drug-likeness (QED) is 0.743. The van der Waals surface area contributed by atoms with E-state index in [1.165, 1.54) is 24.3 Å². The van der Waals surface area contributed by atoms with Gasteiger partial charge in [-0.15, -0.1) is 0 Å². The highest BCUT2D eigenvalue weighted by atomic mass is 16.6. The number of nitrogens with zero attached hydrogens (tertiary/aromatic N) is 1. The third-order valence-electron chi connectivity index (χ3n) is 2.83. The molecule has 0 atom stereocenters. The van der Waals surface area contributed by atoms with Gasteiger partial charge in [0.05, 0.1) is 0 Å². The van der Waals surface area contributed by atoms with Crippen molar-refractivity contribution in [3.63, 3.8) is 0 Å². The molecule has 24 heavy (non-hydrogen) atoms. The highest BCUT2D eigenvalue weighted by molar-refractivity contribution is 6.00. The molecule has 1 aliphatic rings. The van der Waals surface area contributed by atoms with Gasteiger partial charge in [0, 0.05) is 0 Å². The minimum Gasteiger partial charge on any atom is -0.443 e. The van der Waals surface area contributed by atoms with E-state index in [0.717, 1.165) is 5.01 Å². The summed E-state index contributed by atoms with van der Waals surface area (Å²) in [6, 6.07) is 0. The molecule has 0 bridgehead atoms. The van der Waals surface area contributed by atoms with Crippen molar-refractivity contribution >= 4 is 18.0 Å². The Labute approximate surface area is 142 Å². The number of ketones is 1. The Balaban J connectivity index is 3.06. The molecule has 0 spiro atoms. The first-order chi connectivity index (χ1) is 10.7. The van der Waals surface area contributed by atoms with Gasteiger partial charge in [0.25, 0.3) is 0 Å². The van der Waals surface area contributed by atoms with Gasteiger partial charge in [0.2, 0.25) is 0 Å². The maximum atomic E-state index is 12.5. The van der Waals surface area contributed by atoms with E-state index < -0.39 is 28.9 Å². The average molecular weight is 338 g/mol. The molecule has 0 unspecified atom stereocenters. The van der Waals surface area contributed by atoms with E-state index in [4.69, 9.17) is 9.47 Å². The predicted molar refractivity (Wildman–Crippen MR) is 89.1 cm³/mol. The fraction of sp³-hybridized carbons (Fsp3) is 0.588. The van der Waals surface area contributed by atoms with Crippen LogP contribution in [0.5, 0.6) is 0 Å². The molecule has 0 aromatic heterocycles. The molecule has 1 rings (SSSR count). The average Bonchev–Trinajstić information content (AvgIpc) is 2.35. The van der Waals surface area contributed by atoms with Crippen LogP contribution in [-0.4, -0.2) is 39.7 Å². The topological polar surface area (TPSA) is 84.9 Å². The van der Waals surface area contributed by atoms with E-state index in [1.807, 2.05) is 0 Å². The van der Waals surface area contributed by atoms with E-state index in [-0.39, 0.29) is 5.78 Å². The number of carbonyl (C=O) groups is 3. The first-order valence-corrected chi connectivity index (χ1v) is 7.67. The molecule has 134 valence electrons. The molecular weight excluding hydrogens is 312 g/mol. The summed E-state index contributed by atoms with van der Waals surface area (Å²) in [7, 11) is 0. The lowest BCUT2D eigenvalue weighted by Crippen LogP contribution is -2.59. The molecule has 7 heteroatoms. The summed E-state index contributed by atoms with van der Waals surface area (Å²) in [4.78, 5) is 36.0. The van der Waals surface area contributed by atoms with Gasteiger partial charge < -0.3 is 9.47 Å². The van der Waals surface area contributed by atoms with Crippen molar-refractivity contribution in [2.75, 3.05) is 0 Å². The monoisotopic (exact) mass is 338 g/mol. The van der Waals surface area contributed by atoms with Crippen LogP contribution in [0.15, 0.2) is 24.3 Å². The van der Waals surface area contributed by atoms with Crippen LogP contribution in [0.1, 0.15) is 48.5 Å². The minimum absolute atomic E-state index is 0.200. The lowest BCUT2D eigenvalue weighted by atomic mass is 9.95. The lowest BCUT2D eigenvalue weighted by molar-refractivity contribution is -0.110. The molecule has 0 saturated heterocycles. The summed E-state index contributed by atoms with van der Waals surface area (Å²) < 4.78 is 10.5. The van der Waals surface area contributed by atoms with Gasteiger partial charge in [-0.1, -0.05) is 0 Å². The van der Waals surface area contributed by atoms with Crippen LogP contribution < -0.4 is 5.43 Å². The second-order valence-electron chi connectivity index (χ2n) is 7.72. The second-order valence-corrected chi connectivity index (χ2v) is 7.72. The van der Waals surface area contributed by atoms with Crippen molar-refractivity contribution < 1.29 is 23.9 Å². The number of ether oxygens (including phenoxy) is 2. The van der Waals surface area contributed by atoms with Gasteiger partial charge in [-0.3, -0.25) is 4.79 Å². The third-order valence-corrected chi connectivity index (χ3v) is 2.83. The predicted octanol–water partition coefficient (Wildman–Crippen LogP) is 3.12. The number of nitrogens with one attached hydrogen (secondary N) is 1. The number of rotatable bonds is 1. The molecule has 1 N–H and O–H groups in total. The SMILES string of the molecule is CC(C)(C)OC(=O)NN(C(=O)OC(C)(C)C)C1(C)C=CC(=O)C=C1. The number of hydrazine groups is 1. The second kappa shape index (κ2) is 6.67. The van der Waals surface area contributed by atoms with Crippen LogP contribution in [0, 0.1) is 0 Å². The Morgan fingerprint density at radius 2 is 1.46 bits per heavy atom. The zero-order chi connectivity index (χ0) is 18.8. The summed E-state index contributed by atoms with van der Waals surface area (Å²) in [5.74, 6) is -0.200. The lowest BCUT2D eigenvalue weighted by Gasteiger charge is -2.38. The number of allylic oxidation sites excluding steroid dienone is 2. The van der Waals surface area contributed by atoms with Crippen LogP contribution in [-0.2, 0) is 14.3 Å². The van der Waals surface area contributed by atoms with E-state index >= 15 is 0 Å². The molecule has 7 nitrogen and oxygen atoms in total. The van der Waals surface area contributed by atoms with Crippen molar-refractivity contribution in [1.29, 1.82) is 0 Å². The summed E-state index contributed by atoms with van der Waals surface area (Å²) in [6.45, 7) is 12.0. The number of amides is 2. The molecule has 0 aromatic rings. The first-order valence-electron chi connectivity index (χ1n) is 7.67. The fourth-order valence-corrected chi connectivity index (χ4v) is 1.82. The molecule has 0 aromatic carbocycles. The zero-order valence-electron chi connectivity index (χ0n) is 15.3. The number of hydrogen-bond acceptors (Lipinski definition) is 5. The molecule has 0 fully saturated rings. The first kappa shape index (κ1) is 19.7. The van der Waals surface area contributed by atoms with Crippen molar-refractivity contribution in [3.8, 4) is 0 Å². The highest BCUT2D eigenvalue weighted by Gasteiger charge is 2.38. The van der Waals surface area contributed by atoms with Crippen molar-refractivity contribution in [3.05, 3.63) is 24.3 Å². The Morgan fingerprint density at radius 3 is 1.88 bits per heavy atom. The van der Waals surface area contributed by atoms with Gasteiger partial charge in [-0.25, -0.2) is 20.0 Å². The fourth-order valence-electron chi connectivity index (χ4n) is 1.82. The molecule has 0 saturated carbocycles. The standard InChI is InChI=1S/C17H26N2O5/c1-15(2,3)23-13(21)18-19(14(22)24-16(4,5)6)17(7)10-8-12(20)9-11-17/h8-11H,1-7H3,(H,18,21). The molecule has 2 amide bonds. The van der Waals surface area contributed by atoms with Crippen LogP contribution in [0.2, 0.25) is 0 Å². The Bertz CT molecular complexity index is 563. The Hall–Kier alpha value is -2.31. The van der Waals surface area contributed by atoms with Crippen molar-refractivity contribution in [2.24, 2.45) is 0 Å². The molecule has 1 aliphatic carbocycles. The van der Waals surface area contributed by atoms with Gasteiger partial charge in [0.1, 0.15) is 16.7 Å². The van der Waals surface area contributed by atoms with Crippen LogP contribution >= 0.6 is 0 Å². The number of hydrogen-bond donors (Lipinski definition) is 1. The number of carbonyl (C=O) groups excluding carboxylic acids is 3. The third kappa shape index (κ3) is 6.06. The summed E-state index contributed by atoms with van der Waals surface area (Å²) in [5.41, 5.74) is -0.132. The van der Waals surface area contributed by atoms with E-state index in [1.54, 1.807) is 48.5 Å². The van der Waals surface area contributed by atoms with Gasteiger partial charge in [-0.05, 0) is 72.8 Å². The van der Waals surface area contributed by atoms with Crippen molar-refractivity contribution in [1.82, 2.24) is 10.4 Å². The molecule has 0 radical (unpaired) electrons. The van der Waals surface area contributed by atoms with Crippen molar-refractivity contribution in [2.45, 2.75) is 65.2 Å². The Kier molecular flexibility index (Phi) is 5.48. The van der Waals surface area contributed by atoms with Gasteiger partial charge >= 0.3 is 12.2 Å².